The molecule has 0 radical (unpaired) electrons. The van der Waals surface area contributed by atoms with E-state index in [0.717, 1.165) is 17.9 Å². The molecule has 0 atom stereocenters. The number of anilines is 1. The summed E-state index contributed by atoms with van der Waals surface area (Å²) in [6, 6.07) is 5.55. The third-order valence-corrected chi connectivity index (χ3v) is 2.79. The van der Waals surface area contributed by atoms with Gasteiger partial charge in [0.25, 0.3) is 5.69 Å². The molecule has 1 aromatic heterocycles. The molecule has 0 saturated heterocycles. The Morgan fingerprint density at radius 2 is 2.26 bits per heavy atom. The summed E-state index contributed by atoms with van der Waals surface area (Å²) in [6.45, 7) is 0.384. The second-order valence-corrected chi connectivity index (χ2v) is 4.20. The highest BCUT2D eigenvalue weighted by atomic mass is 35.5. The normalized spacial score (nSPS) is 10.4. The molecule has 2 aromatic rings. The molecule has 100 valence electrons. The van der Waals surface area contributed by atoms with Crippen molar-refractivity contribution in [1.29, 1.82) is 0 Å². The van der Waals surface area contributed by atoms with Gasteiger partial charge in [-0.2, -0.15) is 0 Å². The summed E-state index contributed by atoms with van der Waals surface area (Å²) >= 11 is 5.52. The maximum Gasteiger partial charge on any atom is 0.294 e. The molecule has 0 aliphatic heterocycles. The Kier molecular flexibility index (Phi) is 4.01. The van der Waals surface area contributed by atoms with E-state index in [1.165, 1.54) is 0 Å². The maximum atomic E-state index is 13.3. The largest absolute Gasteiger partial charge is 0.469 e. The van der Waals surface area contributed by atoms with Crippen molar-refractivity contribution < 1.29 is 13.7 Å². The van der Waals surface area contributed by atoms with Crippen LogP contribution in [0.4, 0.5) is 15.8 Å². The van der Waals surface area contributed by atoms with Crippen LogP contribution in [0.3, 0.4) is 0 Å². The predicted molar refractivity (Wildman–Crippen MR) is 69.0 cm³/mol. The lowest BCUT2D eigenvalue weighted by atomic mass is 10.2. The molecule has 0 amide bonds. The first kappa shape index (κ1) is 13.4. The molecule has 0 fully saturated rings. The van der Waals surface area contributed by atoms with Crippen LogP contribution < -0.4 is 5.32 Å². The minimum atomic E-state index is -0.701. The molecule has 0 unspecified atom stereocenters. The van der Waals surface area contributed by atoms with Crippen molar-refractivity contribution in [3.05, 3.63) is 57.2 Å². The van der Waals surface area contributed by atoms with Gasteiger partial charge in [-0.3, -0.25) is 10.1 Å². The van der Waals surface area contributed by atoms with Gasteiger partial charge in [0.1, 0.15) is 17.3 Å². The second kappa shape index (κ2) is 5.71. The Bertz CT molecular complexity index is 587. The van der Waals surface area contributed by atoms with Crippen LogP contribution in [0.2, 0.25) is 5.02 Å². The number of nitrogens with one attached hydrogen (secondary N) is 1. The van der Waals surface area contributed by atoms with Crippen molar-refractivity contribution in [2.24, 2.45) is 0 Å². The number of hydrogen-bond acceptors (Lipinski definition) is 4. The summed E-state index contributed by atoms with van der Waals surface area (Å²) in [5, 5.41) is 13.4. The molecule has 1 heterocycles. The van der Waals surface area contributed by atoms with Crippen molar-refractivity contribution in [3.63, 3.8) is 0 Å². The first-order valence-electron chi connectivity index (χ1n) is 5.47. The van der Waals surface area contributed by atoms with Crippen molar-refractivity contribution in [2.75, 3.05) is 11.9 Å². The summed E-state index contributed by atoms with van der Waals surface area (Å²) in [5.74, 6) is 0.0392. The summed E-state index contributed by atoms with van der Waals surface area (Å²) in [7, 11) is 0. The van der Waals surface area contributed by atoms with Gasteiger partial charge < -0.3 is 9.73 Å². The van der Waals surface area contributed by atoms with Gasteiger partial charge in [0, 0.05) is 25.1 Å². The first-order valence-corrected chi connectivity index (χ1v) is 5.85. The molecule has 2 rings (SSSR count). The van der Waals surface area contributed by atoms with Crippen LogP contribution in [0.15, 0.2) is 34.9 Å². The molecule has 0 spiro atoms. The zero-order valence-electron chi connectivity index (χ0n) is 9.73. The fraction of sp³-hybridized carbons (Fsp3) is 0.167. The van der Waals surface area contributed by atoms with E-state index >= 15 is 0 Å². The number of benzene rings is 1. The SMILES string of the molecule is O=[N+]([O-])c1cc(Cl)c(F)cc1NCCc1ccco1. The Balaban J connectivity index is 2.10. The quantitative estimate of drug-likeness (QED) is 0.672. The zero-order valence-corrected chi connectivity index (χ0v) is 10.5. The molecular weight excluding hydrogens is 275 g/mol. The number of nitrogens with zero attached hydrogens (tertiary/aromatic N) is 1. The van der Waals surface area contributed by atoms with Gasteiger partial charge in [-0.15, -0.1) is 0 Å². The zero-order chi connectivity index (χ0) is 13.8. The number of rotatable bonds is 5. The molecule has 5 nitrogen and oxygen atoms in total. The molecule has 1 aromatic carbocycles. The van der Waals surface area contributed by atoms with Crippen LogP contribution in [0.1, 0.15) is 5.76 Å². The molecule has 0 aliphatic rings. The van der Waals surface area contributed by atoms with E-state index in [1.807, 2.05) is 0 Å². The van der Waals surface area contributed by atoms with E-state index in [4.69, 9.17) is 16.0 Å². The summed E-state index contributed by atoms with van der Waals surface area (Å²) in [6.07, 6.45) is 2.08. The Hall–Kier alpha value is -2.08. The Morgan fingerprint density at radius 1 is 1.47 bits per heavy atom. The standard InChI is InChI=1S/C12H10ClFN2O3/c13-9-6-12(16(17)18)11(7-10(9)14)15-4-3-8-2-1-5-19-8/h1-2,5-7,15H,3-4H2. The van der Waals surface area contributed by atoms with Gasteiger partial charge in [-0.25, -0.2) is 4.39 Å². The highest BCUT2D eigenvalue weighted by Crippen LogP contribution is 2.30. The summed E-state index contributed by atoms with van der Waals surface area (Å²) in [5.41, 5.74) is -0.163. The van der Waals surface area contributed by atoms with Crippen molar-refractivity contribution >= 4 is 23.0 Å². The average Bonchev–Trinajstić information content (AvgIpc) is 2.86. The van der Waals surface area contributed by atoms with Crippen molar-refractivity contribution in [2.45, 2.75) is 6.42 Å². The Morgan fingerprint density at radius 3 is 2.89 bits per heavy atom. The summed E-state index contributed by atoms with van der Waals surface area (Å²) in [4.78, 5) is 10.2. The molecule has 19 heavy (non-hydrogen) atoms. The third kappa shape index (κ3) is 3.23. The van der Waals surface area contributed by atoms with E-state index in [-0.39, 0.29) is 16.4 Å². The fourth-order valence-electron chi connectivity index (χ4n) is 1.60. The van der Waals surface area contributed by atoms with Gasteiger partial charge in [0.15, 0.2) is 0 Å². The molecule has 0 saturated carbocycles. The molecule has 0 aliphatic carbocycles. The van der Waals surface area contributed by atoms with Crippen LogP contribution in [0, 0.1) is 15.9 Å². The number of hydrogen-bond donors (Lipinski definition) is 1. The second-order valence-electron chi connectivity index (χ2n) is 3.80. The third-order valence-electron chi connectivity index (χ3n) is 2.50. The fourth-order valence-corrected chi connectivity index (χ4v) is 1.76. The lowest BCUT2D eigenvalue weighted by Gasteiger charge is -2.07. The lowest BCUT2D eigenvalue weighted by molar-refractivity contribution is -0.384. The van der Waals surface area contributed by atoms with Gasteiger partial charge >= 0.3 is 0 Å². The molecule has 1 N–H and O–H groups in total. The number of furan rings is 1. The van der Waals surface area contributed by atoms with Gasteiger partial charge in [-0.1, -0.05) is 11.6 Å². The lowest BCUT2D eigenvalue weighted by Crippen LogP contribution is -2.07. The topological polar surface area (TPSA) is 68.3 Å². The smallest absolute Gasteiger partial charge is 0.294 e. The minimum Gasteiger partial charge on any atom is -0.469 e. The van der Waals surface area contributed by atoms with Crippen LogP contribution in [0.25, 0.3) is 0 Å². The van der Waals surface area contributed by atoms with Crippen LogP contribution in [0.5, 0.6) is 0 Å². The van der Waals surface area contributed by atoms with E-state index in [0.29, 0.717) is 13.0 Å². The number of halogens is 2. The molecular formula is C12H10ClFN2O3. The maximum absolute atomic E-state index is 13.3. The van der Waals surface area contributed by atoms with E-state index in [2.05, 4.69) is 5.32 Å². The summed E-state index contributed by atoms with van der Waals surface area (Å²) < 4.78 is 18.4. The molecule has 7 heteroatoms. The van der Waals surface area contributed by atoms with Crippen molar-refractivity contribution in [3.8, 4) is 0 Å². The van der Waals surface area contributed by atoms with Crippen LogP contribution in [-0.4, -0.2) is 11.5 Å². The van der Waals surface area contributed by atoms with Crippen LogP contribution >= 0.6 is 11.6 Å². The highest BCUT2D eigenvalue weighted by molar-refractivity contribution is 6.31. The minimum absolute atomic E-state index is 0.0958. The van der Waals surface area contributed by atoms with E-state index in [1.54, 1.807) is 18.4 Å². The first-order chi connectivity index (χ1) is 9.08. The van der Waals surface area contributed by atoms with Crippen molar-refractivity contribution in [1.82, 2.24) is 0 Å². The highest BCUT2D eigenvalue weighted by Gasteiger charge is 2.17. The molecule has 0 bridgehead atoms. The van der Waals surface area contributed by atoms with E-state index < -0.39 is 10.7 Å². The van der Waals surface area contributed by atoms with Gasteiger partial charge in [-0.05, 0) is 12.1 Å². The van der Waals surface area contributed by atoms with Gasteiger partial charge in [0.2, 0.25) is 0 Å². The number of nitro benzene ring substituents is 1. The van der Waals surface area contributed by atoms with Gasteiger partial charge in [0.05, 0.1) is 16.2 Å². The Labute approximate surface area is 113 Å². The monoisotopic (exact) mass is 284 g/mol. The van der Waals surface area contributed by atoms with E-state index in [9.17, 15) is 14.5 Å². The van der Waals surface area contributed by atoms with Crippen LogP contribution in [-0.2, 0) is 6.42 Å². The average molecular weight is 285 g/mol. The number of nitro groups is 1. The predicted octanol–water partition coefficient (Wildman–Crippen LogP) is 3.63.